The lowest BCUT2D eigenvalue weighted by Crippen LogP contribution is -2.42. The van der Waals surface area contributed by atoms with Gasteiger partial charge in [0.1, 0.15) is 28.6 Å². The Morgan fingerprint density at radius 1 is 0.929 bits per heavy atom. The number of benzene rings is 3. The summed E-state index contributed by atoms with van der Waals surface area (Å²) >= 11 is 0. The average molecular weight is 575 g/mol. The van der Waals surface area contributed by atoms with Gasteiger partial charge in [0.25, 0.3) is 11.5 Å². The first kappa shape index (κ1) is 28.0. The van der Waals surface area contributed by atoms with Gasteiger partial charge in [-0.15, -0.1) is 0 Å². The maximum absolute atomic E-state index is 15.2. The second-order valence-electron chi connectivity index (χ2n) is 8.96. The summed E-state index contributed by atoms with van der Waals surface area (Å²) in [6.45, 7) is 1.82. The van der Waals surface area contributed by atoms with Crippen LogP contribution in [0.1, 0.15) is 17.3 Å². The van der Waals surface area contributed by atoms with Crippen molar-refractivity contribution in [3.05, 3.63) is 111 Å². The number of hydrogen-bond donors (Lipinski definition) is 1. The Bertz CT molecular complexity index is 1940. The molecule has 2 heterocycles. The smallest absolute Gasteiger partial charge is 0.335 e. The van der Waals surface area contributed by atoms with Gasteiger partial charge >= 0.3 is 5.69 Å². The number of rotatable bonds is 8. The number of amides is 1. The lowest BCUT2D eigenvalue weighted by atomic mass is 10.1. The fourth-order valence-corrected chi connectivity index (χ4v) is 4.34. The van der Waals surface area contributed by atoms with Crippen LogP contribution in [0.25, 0.3) is 16.6 Å². The minimum Gasteiger partial charge on any atom is -0.497 e. The van der Waals surface area contributed by atoms with Crippen LogP contribution in [-0.2, 0) is 6.54 Å². The molecule has 5 rings (SSSR count). The fraction of sp³-hybridized carbons (Fsp3) is 0.133. The Hall–Kier alpha value is -5.52. The van der Waals surface area contributed by atoms with Crippen LogP contribution in [0.5, 0.6) is 23.0 Å². The Balaban J connectivity index is 1.45. The highest BCUT2D eigenvalue weighted by Crippen LogP contribution is 2.39. The second kappa shape index (κ2) is 11.5. The van der Waals surface area contributed by atoms with Gasteiger partial charge in [-0.2, -0.15) is 0 Å². The van der Waals surface area contributed by atoms with Crippen LogP contribution in [-0.4, -0.2) is 34.2 Å². The first-order valence-corrected chi connectivity index (χ1v) is 12.7. The summed E-state index contributed by atoms with van der Waals surface area (Å²) in [6, 6.07) is 13.3. The van der Waals surface area contributed by atoms with Gasteiger partial charge in [-0.1, -0.05) is 0 Å². The molecule has 1 N–H and O–H groups in total. The van der Waals surface area contributed by atoms with Gasteiger partial charge in [-0.05, 0) is 49.4 Å². The number of ether oxygens (including phenoxy) is 3. The molecule has 0 saturated carbocycles. The molecule has 0 unspecified atom stereocenters. The first-order chi connectivity index (χ1) is 20.2. The van der Waals surface area contributed by atoms with Crippen LogP contribution in [0.3, 0.4) is 0 Å². The number of halogens is 2. The molecule has 0 atom stereocenters. The van der Waals surface area contributed by atoms with E-state index < -0.39 is 28.8 Å². The molecule has 10 nitrogen and oxygen atoms in total. The van der Waals surface area contributed by atoms with E-state index in [-0.39, 0.29) is 35.0 Å². The SMILES string of the molecule is CCn1cc(C(=O)Nc2ccc(Oc3ccnc4cc(OC)cc(OC)c34)c(F)c2)c(=O)n(-c2ccc(F)cc2)c1=O. The summed E-state index contributed by atoms with van der Waals surface area (Å²) in [4.78, 5) is 43.5. The maximum Gasteiger partial charge on any atom is 0.335 e. The van der Waals surface area contributed by atoms with Gasteiger partial charge in [-0.25, -0.2) is 18.1 Å². The van der Waals surface area contributed by atoms with E-state index in [4.69, 9.17) is 14.2 Å². The largest absolute Gasteiger partial charge is 0.497 e. The van der Waals surface area contributed by atoms with E-state index >= 15 is 4.39 Å². The molecular formula is C30H24F2N4O6. The van der Waals surface area contributed by atoms with Crippen molar-refractivity contribution in [1.29, 1.82) is 0 Å². The molecule has 5 aromatic rings. The Kier molecular flexibility index (Phi) is 7.69. The standard InChI is InChI=1S/C30H24F2N4O6/c1-4-35-16-21(29(38)36(30(35)39)19-8-5-17(31)6-9-19)28(37)34-18-7-10-24(22(32)13-18)42-25-11-12-33-23-14-20(40-2)15-26(41-3)27(23)25/h5-16H,4H2,1-3H3,(H,34,37). The van der Waals surface area contributed by atoms with Crippen molar-refractivity contribution >= 4 is 22.5 Å². The van der Waals surface area contributed by atoms with Crippen molar-refractivity contribution in [1.82, 2.24) is 14.1 Å². The summed E-state index contributed by atoms with van der Waals surface area (Å²) in [7, 11) is 2.99. The van der Waals surface area contributed by atoms with Crippen LogP contribution >= 0.6 is 0 Å². The zero-order valence-corrected chi connectivity index (χ0v) is 22.7. The van der Waals surface area contributed by atoms with Gasteiger partial charge < -0.3 is 19.5 Å². The van der Waals surface area contributed by atoms with Crippen LogP contribution in [0.4, 0.5) is 14.5 Å². The van der Waals surface area contributed by atoms with Gasteiger partial charge in [0.2, 0.25) is 0 Å². The highest BCUT2D eigenvalue weighted by Gasteiger charge is 2.20. The molecule has 12 heteroatoms. The number of hydrogen-bond acceptors (Lipinski definition) is 7. The topological polar surface area (TPSA) is 114 Å². The fourth-order valence-electron chi connectivity index (χ4n) is 4.34. The van der Waals surface area contributed by atoms with Gasteiger partial charge in [-0.3, -0.25) is 19.1 Å². The van der Waals surface area contributed by atoms with E-state index in [1.165, 1.54) is 49.2 Å². The van der Waals surface area contributed by atoms with Crippen LogP contribution < -0.4 is 30.8 Å². The molecule has 0 aliphatic rings. The van der Waals surface area contributed by atoms with Crippen molar-refractivity contribution in [2.45, 2.75) is 13.5 Å². The maximum atomic E-state index is 15.2. The van der Waals surface area contributed by atoms with E-state index in [1.54, 1.807) is 25.1 Å². The van der Waals surface area contributed by atoms with Crippen LogP contribution in [0, 0.1) is 11.6 Å². The van der Waals surface area contributed by atoms with E-state index in [0.717, 1.165) is 29.0 Å². The predicted molar refractivity (Wildman–Crippen MR) is 151 cm³/mol. The van der Waals surface area contributed by atoms with E-state index in [0.29, 0.717) is 22.4 Å². The zero-order chi connectivity index (χ0) is 30.0. The average Bonchev–Trinajstić information content (AvgIpc) is 2.99. The summed E-state index contributed by atoms with van der Waals surface area (Å²) in [5.74, 6) is -1.15. The number of aryl methyl sites for hydroxylation is 1. The molecule has 214 valence electrons. The van der Waals surface area contributed by atoms with Crippen molar-refractivity contribution in [3.8, 4) is 28.7 Å². The number of nitrogens with one attached hydrogen (secondary N) is 1. The van der Waals surface area contributed by atoms with E-state index in [2.05, 4.69) is 10.3 Å². The minimum absolute atomic E-state index is 0.0359. The van der Waals surface area contributed by atoms with E-state index in [9.17, 15) is 18.8 Å². The molecule has 0 saturated heterocycles. The number of nitrogens with zero attached hydrogens (tertiary/aromatic N) is 3. The highest BCUT2D eigenvalue weighted by atomic mass is 19.1. The molecule has 0 spiro atoms. The first-order valence-electron chi connectivity index (χ1n) is 12.7. The minimum atomic E-state index is -0.913. The molecule has 0 aliphatic heterocycles. The molecular weight excluding hydrogens is 550 g/mol. The Labute approximate surface area is 237 Å². The monoisotopic (exact) mass is 574 g/mol. The molecule has 1 amide bonds. The number of carbonyl (C=O) groups is 1. The number of aromatic nitrogens is 3. The van der Waals surface area contributed by atoms with Gasteiger partial charge in [0.05, 0.1) is 30.8 Å². The molecule has 3 aromatic carbocycles. The molecule has 0 bridgehead atoms. The van der Waals surface area contributed by atoms with Crippen molar-refractivity contribution in [2.75, 3.05) is 19.5 Å². The summed E-state index contributed by atoms with van der Waals surface area (Å²) in [5.41, 5.74) is -1.34. The third kappa shape index (κ3) is 5.29. The highest BCUT2D eigenvalue weighted by molar-refractivity contribution is 6.04. The lowest BCUT2D eigenvalue weighted by molar-refractivity contribution is 0.102. The Morgan fingerprint density at radius 2 is 1.69 bits per heavy atom. The number of pyridine rings is 1. The third-order valence-corrected chi connectivity index (χ3v) is 6.43. The number of methoxy groups -OCH3 is 2. The van der Waals surface area contributed by atoms with Crippen LogP contribution in [0.2, 0.25) is 0 Å². The molecule has 0 fully saturated rings. The lowest BCUT2D eigenvalue weighted by Gasteiger charge is -2.14. The zero-order valence-electron chi connectivity index (χ0n) is 22.7. The summed E-state index contributed by atoms with van der Waals surface area (Å²) in [6.07, 6.45) is 2.63. The predicted octanol–water partition coefficient (Wildman–Crippen LogP) is 4.91. The molecule has 2 aromatic heterocycles. The van der Waals surface area contributed by atoms with Crippen molar-refractivity contribution in [3.63, 3.8) is 0 Å². The molecule has 42 heavy (non-hydrogen) atoms. The summed E-state index contributed by atoms with van der Waals surface area (Å²) in [5, 5.41) is 2.98. The van der Waals surface area contributed by atoms with Gasteiger partial charge in [0.15, 0.2) is 11.6 Å². The summed E-state index contributed by atoms with van der Waals surface area (Å²) < 4.78 is 47.1. The number of fused-ring (bicyclic) bond motifs is 1. The third-order valence-electron chi connectivity index (χ3n) is 6.43. The normalized spacial score (nSPS) is 10.9. The van der Waals surface area contributed by atoms with Crippen molar-refractivity contribution < 1.29 is 27.8 Å². The van der Waals surface area contributed by atoms with E-state index in [1.807, 2.05) is 0 Å². The number of carbonyl (C=O) groups excluding carboxylic acids is 1. The quantitative estimate of drug-likeness (QED) is 0.280. The molecule has 0 radical (unpaired) electrons. The Morgan fingerprint density at radius 3 is 2.36 bits per heavy atom. The molecule has 0 aliphatic carbocycles. The second-order valence-corrected chi connectivity index (χ2v) is 8.96. The van der Waals surface area contributed by atoms with Crippen LogP contribution in [0.15, 0.2) is 82.6 Å². The number of anilines is 1. The van der Waals surface area contributed by atoms with Crippen molar-refractivity contribution in [2.24, 2.45) is 0 Å². The van der Waals surface area contributed by atoms with Gasteiger partial charge in [0, 0.05) is 42.8 Å².